The van der Waals surface area contributed by atoms with Crippen molar-refractivity contribution in [3.8, 4) is 0 Å². The SMILES string of the molecule is Cc1ccccc1N1C(=O)CNC1=O. The van der Waals surface area contributed by atoms with E-state index in [0.29, 0.717) is 5.69 Å². The van der Waals surface area contributed by atoms with Crippen LogP contribution < -0.4 is 10.2 Å². The minimum atomic E-state index is -0.343. The minimum Gasteiger partial charge on any atom is -0.328 e. The van der Waals surface area contributed by atoms with Gasteiger partial charge in [0.25, 0.3) is 5.91 Å². The number of aryl methyl sites for hydroxylation is 1. The Morgan fingerprint density at radius 1 is 1.29 bits per heavy atom. The van der Waals surface area contributed by atoms with E-state index in [1.807, 2.05) is 19.1 Å². The third-order valence-electron chi connectivity index (χ3n) is 2.20. The molecule has 3 amide bonds. The lowest BCUT2D eigenvalue weighted by Crippen LogP contribution is -2.31. The summed E-state index contributed by atoms with van der Waals surface area (Å²) in [4.78, 5) is 23.9. The summed E-state index contributed by atoms with van der Waals surface area (Å²) in [6.07, 6.45) is 0. The molecule has 2 rings (SSSR count). The summed E-state index contributed by atoms with van der Waals surface area (Å²) < 4.78 is 0. The van der Waals surface area contributed by atoms with Gasteiger partial charge in [-0.3, -0.25) is 4.79 Å². The van der Waals surface area contributed by atoms with Gasteiger partial charge in [-0.05, 0) is 18.6 Å². The third-order valence-corrected chi connectivity index (χ3v) is 2.20. The standard InChI is InChI=1S/C10H10N2O2/c1-7-4-2-3-5-8(7)12-9(13)6-11-10(12)14/h2-5H,6H2,1H3,(H,11,14). The van der Waals surface area contributed by atoms with Crippen LogP contribution in [0.25, 0.3) is 0 Å². The zero-order valence-corrected chi connectivity index (χ0v) is 7.78. The Morgan fingerprint density at radius 2 is 2.00 bits per heavy atom. The van der Waals surface area contributed by atoms with Gasteiger partial charge in [0.2, 0.25) is 0 Å². The Balaban J connectivity index is 2.44. The van der Waals surface area contributed by atoms with Crippen LogP contribution in [0.5, 0.6) is 0 Å². The molecular formula is C10H10N2O2. The van der Waals surface area contributed by atoms with Gasteiger partial charge >= 0.3 is 6.03 Å². The molecule has 14 heavy (non-hydrogen) atoms. The number of hydrogen-bond acceptors (Lipinski definition) is 2. The molecule has 1 aliphatic rings. The summed E-state index contributed by atoms with van der Waals surface area (Å²) in [6, 6.07) is 6.97. The van der Waals surface area contributed by atoms with Crippen molar-refractivity contribution in [1.82, 2.24) is 5.32 Å². The Hall–Kier alpha value is -1.84. The zero-order chi connectivity index (χ0) is 10.1. The number of benzene rings is 1. The molecule has 72 valence electrons. The molecule has 1 saturated heterocycles. The number of nitrogens with one attached hydrogen (secondary N) is 1. The highest BCUT2D eigenvalue weighted by atomic mass is 16.2. The quantitative estimate of drug-likeness (QED) is 0.673. The largest absolute Gasteiger partial charge is 0.329 e. The van der Waals surface area contributed by atoms with Crippen LogP contribution in [0, 0.1) is 6.92 Å². The minimum absolute atomic E-state index is 0.0904. The smallest absolute Gasteiger partial charge is 0.328 e. The molecule has 0 saturated carbocycles. The number of carbonyl (C=O) groups is 2. The van der Waals surface area contributed by atoms with E-state index in [2.05, 4.69) is 5.32 Å². The summed E-state index contributed by atoms with van der Waals surface area (Å²) in [7, 11) is 0. The molecule has 1 aromatic rings. The lowest BCUT2D eigenvalue weighted by atomic mass is 10.2. The predicted octanol–water partition coefficient (Wildman–Crippen LogP) is 1.05. The molecule has 0 unspecified atom stereocenters. The monoisotopic (exact) mass is 190 g/mol. The predicted molar refractivity (Wildman–Crippen MR) is 52.1 cm³/mol. The van der Waals surface area contributed by atoms with Crippen molar-refractivity contribution in [3.05, 3.63) is 29.8 Å². The Labute approximate surface area is 81.5 Å². The molecule has 0 radical (unpaired) electrons. The first-order chi connectivity index (χ1) is 6.70. The number of urea groups is 1. The normalized spacial score (nSPS) is 15.9. The first-order valence-electron chi connectivity index (χ1n) is 4.36. The number of rotatable bonds is 1. The van der Waals surface area contributed by atoms with E-state index < -0.39 is 0 Å². The fourth-order valence-electron chi connectivity index (χ4n) is 1.48. The van der Waals surface area contributed by atoms with Crippen LogP contribution in [0.15, 0.2) is 24.3 Å². The molecule has 0 aliphatic carbocycles. The maximum atomic E-state index is 11.4. The van der Waals surface area contributed by atoms with Crippen LogP contribution in [0.4, 0.5) is 10.5 Å². The number of imide groups is 1. The highest BCUT2D eigenvalue weighted by Crippen LogP contribution is 2.21. The van der Waals surface area contributed by atoms with Crippen LogP contribution in [0.2, 0.25) is 0 Å². The number of para-hydroxylation sites is 1. The summed E-state index contributed by atoms with van der Waals surface area (Å²) in [5, 5.41) is 2.48. The van der Waals surface area contributed by atoms with Crippen molar-refractivity contribution in [2.24, 2.45) is 0 Å². The Morgan fingerprint density at radius 3 is 2.57 bits per heavy atom. The molecule has 0 atom stereocenters. The van der Waals surface area contributed by atoms with Gasteiger partial charge in [-0.1, -0.05) is 18.2 Å². The van der Waals surface area contributed by atoms with Crippen molar-refractivity contribution >= 4 is 17.6 Å². The average molecular weight is 190 g/mol. The fourth-order valence-corrected chi connectivity index (χ4v) is 1.48. The number of anilines is 1. The number of nitrogens with zero attached hydrogens (tertiary/aromatic N) is 1. The first kappa shape index (κ1) is 8.74. The van der Waals surface area contributed by atoms with Crippen molar-refractivity contribution < 1.29 is 9.59 Å². The summed E-state index contributed by atoms with van der Waals surface area (Å²) in [5.41, 5.74) is 1.57. The number of carbonyl (C=O) groups excluding carboxylic acids is 2. The fraction of sp³-hybridized carbons (Fsp3) is 0.200. The van der Waals surface area contributed by atoms with Crippen molar-refractivity contribution in [2.75, 3.05) is 11.4 Å². The molecule has 0 bridgehead atoms. The molecule has 0 spiro atoms. The van der Waals surface area contributed by atoms with Crippen LogP contribution in [0.3, 0.4) is 0 Å². The second kappa shape index (κ2) is 3.14. The van der Waals surface area contributed by atoms with Gasteiger partial charge in [0.05, 0.1) is 12.2 Å². The number of amides is 3. The van der Waals surface area contributed by atoms with E-state index in [1.54, 1.807) is 12.1 Å². The topological polar surface area (TPSA) is 49.4 Å². The maximum absolute atomic E-state index is 11.4. The molecule has 0 aromatic heterocycles. The van der Waals surface area contributed by atoms with Crippen molar-refractivity contribution in [1.29, 1.82) is 0 Å². The van der Waals surface area contributed by atoms with Gasteiger partial charge in [-0.2, -0.15) is 0 Å². The van der Waals surface area contributed by atoms with Gasteiger partial charge in [0.1, 0.15) is 0 Å². The average Bonchev–Trinajstić information content (AvgIpc) is 2.48. The highest BCUT2D eigenvalue weighted by molar-refractivity contribution is 6.20. The lowest BCUT2D eigenvalue weighted by molar-refractivity contribution is -0.115. The second-order valence-corrected chi connectivity index (χ2v) is 3.17. The van der Waals surface area contributed by atoms with E-state index in [9.17, 15) is 9.59 Å². The van der Waals surface area contributed by atoms with Gasteiger partial charge in [0.15, 0.2) is 0 Å². The summed E-state index contributed by atoms with van der Waals surface area (Å²) in [6.45, 7) is 1.96. The molecule has 1 aliphatic heterocycles. The molecule has 1 aromatic carbocycles. The van der Waals surface area contributed by atoms with Crippen molar-refractivity contribution in [3.63, 3.8) is 0 Å². The van der Waals surface area contributed by atoms with E-state index in [1.165, 1.54) is 4.90 Å². The third kappa shape index (κ3) is 1.25. The first-order valence-corrected chi connectivity index (χ1v) is 4.36. The van der Waals surface area contributed by atoms with E-state index in [4.69, 9.17) is 0 Å². The van der Waals surface area contributed by atoms with Crippen LogP contribution in [0.1, 0.15) is 5.56 Å². The molecule has 4 nitrogen and oxygen atoms in total. The lowest BCUT2D eigenvalue weighted by Gasteiger charge is -2.14. The molecule has 1 fully saturated rings. The highest BCUT2D eigenvalue weighted by Gasteiger charge is 2.30. The van der Waals surface area contributed by atoms with E-state index in [0.717, 1.165) is 5.56 Å². The molecule has 1 heterocycles. The zero-order valence-electron chi connectivity index (χ0n) is 7.78. The van der Waals surface area contributed by atoms with Gasteiger partial charge < -0.3 is 5.32 Å². The van der Waals surface area contributed by atoms with E-state index in [-0.39, 0.29) is 18.5 Å². The summed E-state index contributed by atoms with van der Waals surface area (Å²) >= 11 is 0. The van der Waals surface area contributed by atoms with Crippen molar-refractivity contribution in [2.45, 2.75) is 6.92 Å². The molecular weight excluding hydrogens is 180 g/mol. The Bertz CT molecular complexity index is 385. The molecule has 4 heteroatoms. The van der Waals surface area contributed by atoms with Gasteiger partial charge in [-0.15, -0.1) is 0 Å². The van der Waals surface area contributed by atoms with Gasteiger partial charge in [0, 0.05) is 0 Å². The Kier molecular flexibility index (Phi) is 1.96. The van der Waals surface area contributed by atoms with E-state index >= 15 is 0 Å². The molecule has 1 N–H and O–H groups in total. The van der Waals surface area contributed by atoms with Crippen LogP contribution in [-0.4, -0.2) is 18.5 Å². The second-order valence-electron chi connectivity index (χ2n) is 3.17. The van der Waals surface area contributed by atoms with Crippen LogP contribution >= 0.6 is 0 Å². The summed E-state index contributed by atoms with van der Waals surface area (Å²) in [5.74, 6) is -0.204. The van der Waals surface area contributed by atoms with Crippen LogP contribution in [-0.2, 0) is 4.79 Å². The number of hydrogen-bond donors (Lipinski definition) is 1. The van der Waals surface area contributed by atoms with Gasteiger partial charge in [-0.25, -0.2) is 9.69 Å². The maximum Gasteiger partial charge on any atom is 0.329 e.